The van der Waals surface area contributed by atoms with E-state index in [0.29, 0.717) is 23.6 Å². The molecule has 1 aromatic heterocycles. The molecule has 3 N–H and O–H groups in total. The van der Waals surface area contributed by atoms with Crippen molar-refractivity contribution in [1.29, 1.82) is 0 Å². The number of pyridine rings is 1. The Bertz CT molecular complexity index is 911. The summed E-state index contributed by atoms with van der Waals surface area (Å²) in [6, 6.07) is 9.00. The number of rotatable bonds is 4. The molecule has 0 bridgehead atoms. The molecular weight excluding hydrogens is 410 g/mol. The van der Waals surface area contributed by atoms with Gasteiger partial charge in [0.1, 0.15) is 17.2 Å². The quantitative estimate of drug-likeness (QED) is 0.684. The number of aliphatic hydroxyl groups excluding tert-OH is 2. The SMILES string of the molecule is Cc1cccnc1NC(=O)C1=C(O)c2cc(Br)ccc2N(CC(C)C)C1O. The predicted molar refractivity (Wildman–Crippen MR) is 109 cm³/mol. The summed E-state index contributed by atoms with van der Waals surface area (Å²) in [6.07, 6.45) is 0.316. The normalized spacial score (nSPS) is 16.5. The maximum atomic E-state index is 12.9. The lowest BCUT2D eigenvalue weighted by Gasteiger charge is -2.37. The number of benzene rings is 1. The van der Waals surface area contributed by atoms with Crippen molar-refractivity contribution in [3.05, 3.63) is 57.7 Å². The van der Waals surface area contributed by atoms with Crippen molar-refractivity contribution in [2.45, 2.75) is 27.0 Å². The van der Waals surface area contributed by atoms with E-state index < -0.39 is 12.1 Å². The third-order valence-electron chi connectivity index (χ3n) is 4.38. The second kappa shape index (κ2) is 7.70. The number of aryl methyl sites for hydroxylation is 1. The molecule has 1 atom stereocenters. The van der Waals surface area contributed by atoms with Gasteiger partial charge in [0.25, 0.3) is 5.91 Å². The fourth-order valence-electron chi connectivity index (χ4n) is 3.11. The Kier molecular flexibility index (Phi) is 5.53. The van der Waals surface area contributed by atoms with E-state index in [1.54, 1.807) is 23.2 Å². The molecule has 1 amide bonds. The van der Waals surface area contributed by atoms with Crippen LogP contribution in [0.2, 0.25) is 0 Å². The number of fused-ring (bicyclic) bond motifs is 1. The molecular formula is C20H22BrN3O3. The molecule has 27 heavy (non-hydrogen) atoms. The largest absolute Gasteiger partial charge is 0.507 e. The zero-order valence-electron chi connectivity index (χ0n) is 15.4. The van der Waals surface area contributed by atoms with Gasteiger partial charge in [0.05, 0.1) is 5.69 Å². The molecule has 1 aliphatic rings. The molecule has 2 heterocycles. The van der Waals surface area contributed by atoms with Crippen molar-refractivity contribution in [2.75, 3.05) is 16.8 Å². The predicted octanol–water partition coefficient (Wildman–Crippen LogP) is 3.85. The summed E-state index contributed by atoms with van der Waals surface area (Å²) < 4.78 is 0.772. The molecule has 1 unspecified atom stereocenters. The van der Waals surface area contributed by atoms with E-state index in [-0.39, 0.29) is 17.3 Å². The molecule has 0 spiro atoms. The highest BCUT2D eigenvalue weighted by atomic mass is 79.9. The Morgan fingerprint density at radius 3 is 2.78 bits per heavy atom. The number of aromatic nitrogens is 1. The van der Waals surface area contributed by atoms with Crippen LogP contribution in [0.5, 0.6) is 0 Å². The highest BCUT2D eigenvalue weighted by molar-refractivity contribution is 9.10. The molecule has 1 aliphatic heterocycles. The van der Waals surface area contributed by atoms with Gasteiger partial charge in [0.15, 0.2) is 6.23 Å². The number of aliphatic hydroxyl groups is 2. The summed E-state index contributed by atoms with van der Waals surface area (Å²) in [5.74, 6) is -0.171. The lowest BCUT2D eigenvalue weighted by molar-refractivity contribution is -0.113. The second-order valence-corrected chi connectivity index (χ2v) is 7.88. The van der Waals surface area contributed by atoms with Gasteiger partial charge in [-0.15, -0.1) is 0 Å². The Labute approximate surface area is 166 Å². The second-order valence-electron chi connectivity index (χ2n) is 6.97. The van der Waals surface area contributed by atoms with Crippen molar-refractivity contribution < 1.29 is 15.0 Å². The molecule has 142 valence electrons. The number of hydrogen-bond donors (Lipinski definition) is 3. The van der Waals surface area contributed by atoms with Crippen molar-refractivity contribution in [2.24, 2.45) is 5.92 Å². The van der Waals surface area contributed by atoms with Crippen molar-refractivity contribution in [1.82, 2.24) is 4.98 Å². The lowest BCUT2D eigenvalue weighted by atomic mass is 9.97. The monoisotopic (exact) mass is 431 g/mol. The number of nitrogens with one attached hydrogen (secondary N) is 1. The number of carbonyl (C=O) groups excluding carboxylic acids is 1. The zero-order chi connectivity index (χ0) is 19.7. The smallest absolute Gasteiger partial charge is 0.261 e. The van der Waals surface area contributed by atoms with Crippen LogP contribution >= 0.6 is 15.9 Å². The number of anilines is 2. The molecule has 3 rings (SSSR count). The van der Waals surface area contributed by atoms with Crippen LogP contribution < -0.4 is 10.2 Å². The van der Waals surface area contributed by atoms with Crippen molar-refractivity contribution in [3.8, 4) is 0 Å². The van der Waals surface area contributed by atoms with E-state index in [2.05, 4.69) is 26.2 Å². The topological polar surface area (TPSA) is 85.7 Å². The van der Waals surface area contributed by atoms with E-state index in [1.807, 2.05) is 39.0 Å². The Hall–Kier alpha value is -2.38. The summed E-state index contributed by atoms with van der Waals surface area (Å²) in [7, 11) is 0. The number of halogens is 1. The number of carbonyl (C=O) groups is 1. The third-order valence-corrected chi connectivity index (χ3v) is 4.87. The van der Waals surface area contributed by atoms with Gasteiger partial charge in [-0.2, -0.15) is 0 Å². The van der Waals surface area contributed by atoms with Gasteiger partial charge in [0.2, 0.25) is 0 Å². The first kappa shape index (κ1) is 19.4. The fourth-order valence-corrected chi connectivity index (χ4v) is 3.47. The summed E-state index contributed by atoms with van der Waals surface area (Å²) in [5.41, 5.74) is 1.88. The van der Waals surface area contributed by atoms with Crippen LogP contribution in [0, 0.1) is 12.8 Å². The van der Waals surface area contributed by atoms with Crippen LogP contribution in [0.1, 0.15) is 25.0 Å². The van der Waals surface area contributed by atoms with Gasteiger partial charge in [-0.05, 0) is 42.7 Å². The summed E-state index contributed by atoms with van der Waals surface area (Å²) in [4.78, 5) is 18.8. The number of hydrogen-bond acceptors (Lipinski definition) is 5. The molecule has 0 fully saturated rings. The minimum absolute atomic E-state index is 0.0914. The molecule has 0 aliphatic carbocycles. The van der Waals surface area contributed by atoms with Crippen molar-refractivity contribution >= 4 is 39.1 Å². The van der Waals surface area contributed by atoms with E-state index >= 15 is 0 Å². The minimum atomic E-state index is -1.26. The average Bonchev–Trinajstić information content (AvgIpc) is 2.60. The van der Waals surface area contributed by atoms with Gasteiger partial charge >= 0.3 is 0 Å². The van der Waals surface area contributed by atoms with Crippen LogP contribution in [0.3, 0.4) is 0 Å². The first-order chi connectivity index (χ1) is 12.8. The summed E-state index contributed by atoms with van der Waals surface area (Å²) in [5, 5.41) is 24.4. The Morgan fingerprint density at radius 1 is 1.37 bits per heavy atom. The maximum absolute atomic E-state index is 12.9. The Morgan fingerprint density at radius 2 is 2.11 bits per heavy atom. The van der Waals surface area contributed by atoms with Crippen LogP contribution in [0.15, 0.2) is 46.6 Å². The summed E-state index contributed by atoms with van der Waals surface area (Å²) in [6.45, 7) is 6.41. The van der Waals surface area contributed by atoms with Crippen molar-refractivity contribution in [3.63, 3.8) is 0 Å². The number of amides is 1. The zero-order valence-corrected chi connectivity index (χ0v) is 17.0. The molecule has 7 heteroatoms. The molecule has 0 saturated carbocycles. The minimum Gasteiger partial charge on any atom is -0.507 e. The third kappa shape index (κ3) is 3.84. The number of nitrogens with zero attached hydrogens (tertiary/aromatic N) is 2. The van der Waals surface area contributed by atoms with E-state index in [9.17, 15) is 15.0 Å². The van der Waals surface area contributed by atoms with Crippen LogP contribution in [-0.2, 0) is 4.79 Å². The van der Waals surface area contributed by atoms with E-state index in [4.69, 9.17) is 0 Å². The Balaban J connectivity index is 2.05. The van der Waals surface area contributed by atoms with Gasteiger partial charge in [-0.1, -0.05) is 35.8 Å². The summed E-state index contributed by atoms with van der Waals surface area (Å²) >= 11 is 3.40. The van der Waals surface area contributed by atoms with Gasteiger partial charge in [0, 0.05) is 22.8 Å². The maximum Gasteiger partial charge on any atom is 0.261 e. The highest BCUT2D eigenvalue weighted by Crippen LogP contribution is 2.38. The van der Waals surface area contributed by atoms with Crippen LogP contribution in [-0.4, -0.2) is 33.9 Å². The molecule has 1 aromatic carbocycles. The highest BCUT2D eigenvalue weighted by Gasteiger charge is 2.36. The van der Waals surface area contributed by atoms with Gasteiger partial charge in [-0.25, -0.2) is 4.98 Å². The van der Waals surface area contributed by atoms with Gasteiger partial charge < -0.3 is 20.4 Å². The molecule has 0 radical (unpaired) electrons. The fraction of sp³-hybridized carbons (Fsp3) is 0.300. The van der Waals surface area contributed by atoms with Crippen LogP contribution in [0.4, 0.5) is 11.5 Å². The standard InChI is InChI=1S/C20H22BrN3O3/c1-11(2)10-24-15-7-6-13(21)9-14(15)17(25)16(20(24)27)19(26)23-18-12(3)5-4-8-22-18/h4-9,11,20,25,27H,10H2,1-3H3,(H,22,23,26). The molecule has 6 nitrogen and oxygen atoms in total. The van der Waals surface area contributed by atoms with Gasteiger partial charge in [-0.3, -0.25) is 4.79 Å². The lowest BCUT2D eigenvalue weighted by Crippen LogP contribution is -2.45. The van der Waals surface area contributed by atoms with E-state index in [0.717, 1.165) is 10.0 Å². The van der Waals surface area contributed by atoms with E-state index in [1.165, 1.54) is 0 Å². The molecule has 2 aromatic rings. The first-order valence-corrected chi connectivity index (χ1v) is 9.49. The van der Waals surface area contributed by atoms with Crippen LogP contribution in [0.25, 0.3) is 5.76 Å². The first-order valence-electron chi connectivity index (χ1n) is 8.70. The molecule has 0 saturated heterocycles. The average molecular weight is 432 g/mol.